The second-order valence-electron chi connectivity index (χ2n) is 4.84. The lowest BCUT2D eigenvalue weighted by Crippen LogP contribution is -2.33. The lowest BCUT2D eigenvalue weighted by atomic mass is 10.3. The van der Waals surface area contributed by atoms with E-state index in [0.717, 1.165) is 12.2 Å². The predicted molar refractivity (Wildman–Crippen MR) is 89.4 cm³/mol. The predicted octanol–water partition coefficient (Wildman–Crippen LogP) is 3.69. The van der Waals surface area contributed by atoms with Gasteiger partial charge in [-0.1, -0.05) is 35.9 Å². The van der Waals surface area contributed by atoms with E-state index in [2.05, 4.69) is 15.7 Å². The molecule has 0 saturated carbocycles. The van der Waals surface area contributed by atoms with Crippen LogP contribution in [0.3, 0.4) is 0 Å². The number of hydrogen-bond donors (Lipinski definition) is 2. The van der Waals surface area contributed by atoms with Gasteiger partial charge in [0.15, 0.2) is 0 Å². The quantitative estimate of drug-likeness (QED) is 0.888. The largest absolute Gasteiger partial charge is 0.324 e. The minimum absolute atomic E-state index is 0.323. The van der Waals surface area contributed by atoms with Crippen molar-refractivity contribution in [3.05, 3.63) is 59.6 Å². The standard InChI is InChI=1S/C16H15ClN4O/c17-12-5-4-6-13(11-12)18-16(22)19-15-9-10-21(20-15)14-7-2-1-3-8-14/h1-8,11H,9-10H2,(H2,18,19,20,22). The Labute approximate surface area is 133 Å². The van der Waals surface area contributed by atoms with E-state index in [1.807, 2.05) is 35.3 Å². The van der Waals surface area contributed by atoms with Gasteiger partial charge in [-0.15, -0.1) is 0 Å². The summed E-state index contributed by atoms with van der Waals surface area (Å²) in [5.41, 5.74) is 1.65. The zero-order valence-corrected chi connectivity index (χ0v) is 12.5. The number of hydrogen-bond acceptors (Lipinski definition) is 3. The summed E-state index contributed by atoms with van der Waals surface area (Å²) in [4.78, 5) is 12.0. The number of rotatable bonds is 2. The zero-order chi connectivity index (χ0) is 15.4. The van der Waals surface area contributed by atoms with E-state index in [4.69, 9.17) is 11.6 Å². The first-order valence-corrected chi connectivity index (χ1v) is 7.32. The molecule has 1 heterocycles. The third kappa shape index (κ3) is 3.56. The van der Waals surface area contributed by atoms with E-state index in [0.29, 0.717) is 23.0 Å². The van der Waals surface area contributed by atoms with E-state index >= 15 is 0 Å². The Bertz CT molecular complexity index is 702. The SMILES string of the molecule is O=C(NC1=NN(c2ccccc2)CC1)Nc1cccc(Cl)c1. The molecule has 0 fully saturated rings. The molecule has 6 heteroatoms. The van der Waals surface area contributed by atoms with Crippen molar-refractivity contribution < 1.29 is 4.79 Å². The minimum atomic E-state index is -0.323. The highest BCUT2D eigenvalue weighted by Crippen LogP contribution is 2.18. The van der Waals surface area contributed by atoms with Gasteiger partial charge in [-0.05, 0) is 30.3 Å². The zero-order valence-electron chi connectivity index (χ0n) is 11.8. The fourth-order valence-electron chi connectivity index (χ4n) is 2.19. The summed E-state index contributed by atoms with van der Waals surface area (Å²) < 4.78 is 0. The first kappa shape index (κ1) is 14.4. The Morgan fingerprint density at radius 1 is 1.09 bits per heavy atom. The number of urea groups is 1. The molecule has 5 nitrogen and oxygen atoms in total. The van der Waals surface area contributed by atoms with Gasteiger partial charge in [0.05, 0.1) is 5.69 Å². The molecular formula is C16H15ClN4O. The number of benzene rings is 2. The second kappa shape index (κ2) is 6.49. The number of hydrazone groups is 1. The van der Waals surface area contributed by atoms with E-state index in [9.17, 15) is 4.79 Å². The molecule has 2 aromatic rings. The molecule has 0 radical (unpaired) electrons. The summed E-state index contributed by atoms with van der Waals surface area (Å²) in [7, 11) is 0. The van der Waals surface area contributed by atoms with Gasteiger partial charge in [-0.3, -0.25) is 10.3 Å². The van der Waals surface area contributed by atoms with Crippen LogP contribution in [0.15, 0.2) is 59.7 Å². The summed E-state index contributed by atoms with van der Waals surface area (Å²) in [6, 6.07) is 16.5. The summed E-state index contributed by atoms with van der Waals surface area (Å²) in [5.74, 6) is 0.642. The Kier molecular flexibility index (Phi) is 4.25. The smallest absolute Gasteiger partial charge is 0.308 e. The third-order valence-corrected chi connectivity index (χ3v) is 3.43. The first-order valence-electron chi connectivity index (χ1n) is 6.94. The van der Waals surface area contributed by atoms with Crippen molar-refractivity contribution in [3.8, 4) is 0 Å². The van der Waals surface area contributed by atoms with Crippen LogP contribution in [-0.2, 0) is 0 Å². The lowest BCUT2D eigenvalue weighted by Gasteiger charge is -2.12. The summed E-state index contributed by atoms with van der Waals surface area (Å²) in [6.07, 6.45) is 0.692. The van der Waals surface area contributed by atoms with Crippen molar-refractivity contribution >= 4 is 34.8 Å². The van der Waals surface area contributed by atoms with Crippen LogP contribution in [0.5, 0.6) is 0 Å². The molecule has 0 spiro atoms. The molecule has 0 unspecified atom stereocenters. The molecule has 0 aromatic heterocycles. The van der Waals surface area contributed by atoms with Gasteiger partial charge in [0.25, 0.3) is 0 Å². The van der Waals surface area contributed by atoms with Crippen LogP contribution in [-0.4, -0.2) is 18.4 Å². The van der Waals surface area contributed by atoms with Gasteiger partial charge >= 0.3 is 6.03 Å². The van der Waals surface area contributed by atoms with Gasteiger partial charge in [0.2, 0.25) is 0 Å². The normalized spacial score (nSPS) is 13.7. The average molecular weight is 315 g/mol. The van der Waals surface area contributed by atoms with Crippen molar-refractivity contribution in [2.24, 2.45) is 5.10 Å². The molecule has 0 bridgehead atoms. The Balaban J connectivity index is 1.60. The fraction of sp³-hybridized carbons (Fsp3) is 0.125. The van der Waals surface area contributed by atoms with E-state index in [1.54, 1.807) is 24.3 Å². The van der Waals surface area contributed by atoms with Crippen LogP contribution in [0.2, 0.25) is 5.02 Å². The third-order valence-electron chi connectivity index (χ3n) is 3.20. The molecule has 0 aliphatic carbocycles. The summed E-state index contributed by atoms with van der Waals surface area (Å²) >= 11 is 5.88. The number of carbonyl (C=O) groups is 1. The van der Waals surface area contributed by atoms with Crippen LogP contribution in [0.4, 0.5) is 16.2 Å². The molecule has 22 heavy (non-hydrogen) atoms. The van der Waals surface area contributed by atoms with Crippen LogP contribution >= 0.6 is 11.6 Å². The van der Waals surface area contributed by atoms with Gasteiger partial charge in [-0.25, -0.2) is 4.79 Å². The first-order chi connectivity index (χ1) is 10.7. The van der Waals surface area contributed by atoms with Crippen LogP contribution in [0.1, 0.15) is 6.42 Å². The van der Waals surface area contributed by atoms with Crippen LogP contribution < -0.4 is 15.6 Å². The van der Waals surface area contributed by atoms with Gasteiger partial charge in [0, 0.05) is 23.7 Å². The van der Waals surface area contributed by atoms with Crippen molar-refractivity contribution in [1.82, 2.24) is 5.32 Å². The highest BCUT2D eigenvalue weighted by molar-refractivity contribution is 6.30. The topological polar surface area (TPSA) is 56.7 Å². The number of nitrogens with zero attached hydrogens (tertiary/aromatic N) is 2. The minimum Gasteiger partial charge on any atom is -0.308 e. The molecule has 1 aliphatic rings. The summed E-state index contributed by atoms with van der Waals surface area (Å²) in [5, 5.41) is 12.3. The maximum Gasteiger partial charge on any atom is 0.324 e. The lowest BCUT2D eigenvalue weighted by molar-refractivity contribution is 0.256. The molecule has 0 atom stereocenters. The van der Waals surface area contributed by atoms with Crippen molar-refractivity contribution in [3.63, 3.8) is 0 Å². The van der Waals surface area contributed by atoms with Crippen molar-refractivity contribution in [2.45, 2.75) is 6.42 Å². The second-order valence-corrected chi connectivity index (χ2v) is 5.28. The van der Waals surface area contributed by atoms with E-state index in [1.165, 1.54) is 0 Å². The highest BCUT2D eigenvalue weighted by Gasteiger charge is 2.17. The van der Waals surface area contributed by atoms with Crippen LogP contribution in [0, 0.1) is 0 Å². The maximum atomic E-state index is 12.0. The molecule has 112 valence electrons. The number of para-hydroxylation sites is 1. The number of amides is 2. The number of carbonyl (C=O) groups excluding carboxylic acids is 1. The van der Waals surface area contributed by atoms with Crippen molar-refractivity contribution in [1.29, 1.82) is 0 Å². The molecule has 2 aromatic carbocycles. The van der Waals surface area contributed by atoms with E-state index in [-0.39, 0.29) is 6.03 Å². The highest BCUT2D eigenvalue weighted by atomic mass is 35.5. The summed E-state index contributed by atoms with van der Waals surface area (Å²) in [6.45, 7) is 0.747. The molecule has 0 saturated heterocycles. The molecule has 1 aliphatic heterocycles. The Morgan fingerprint density at radius 2 is 1.91 bits per heavy atom. The van der Waals surface area contributed by atoms with E-state index < -0.39 is 0 Å². The van der Waals surface area contributed by atoms with Gasteiger partial charge in [-0.2, -0.15) is 5.10 Å². The monoisotopic (exact) mass is 314 g/mol. The number of halogens is 1. The molecule has 3 rings (SSSR count). The van der Waals surface area contributed by atoms with Crippen LogP contribution in [0.25, 0.3) is 0 Å². The maximum absolute atomic E-state index is 12.0. The number of anilines is 2. The molecule has 2 N–H and O–H groups in total. The fourth-order valence-corrected chi connectivity index (χ4v) is 2.38. The Hall–Kier alpha value is -2.53. The van der Waals surface area contributed by atoms with Gasteiger partial charge < -0.3 is 5.32 Å². The Morgan fingerprint density at radius 3 is 2.68 bits per heavy atom. The van der Waals surface area contributed by atoms with Crippen molar-refractivity contribution in [2.75, 3.05) is 16.9 Å². The molecular weight excluding hydrogens is 300 g/mol. The number of amidine groups is 1. The average Bonchev–Trinajstić information content (AvgIpc) is 2.96. The number of nitrogens with one attached hydrogen (secondary N) is 2. The molecule has 2 amide bonds. The van der Waals surface area contributed by atoms with Gasteiger partial charge in [0.1, 0.15) is 5.84 Å².